The predicted molar refractivity (Wildman–Crippen MR) is 105 cm³/mol. The Hall–Kier alpha value is -2.27. The number of thioether (sulfide) groups is 1. The van der Waals surface area contributed by atoms with Crippen LogP contribution >= 0.6 is 11.8 Å². The zero-order valence-corrected chi connectivity index (χ0v) is 16.2. The molecule has 1 N–H and O–H groups in total. The van der Waals surface area contributed by atoms with Gasteiger partial charge in [-0.05, 0) is 31.5 Å². The maximum absolute atomic E-state index is 12.8. The van der Waals surface area contributed by atoms with E-state index in [1.165, 1.54) is 11.8 Å². The van der Waals surface area contributed by atoms with Gasteiger partial charge in [-0.1, -0.05) is 55.5 Å². The highest BCUT2D eigenvalue weighted by molar-refractivity contribution is 8.00. The van der Waals surface area contributed by atoms with Crippen molar-refractivity contribution in [2.24, 2.45) is 5.92 Å². The summed E-state index contributed by atoms with van der Waals surface area (Å²) < 4.78 is 5.19. The van der Waals surface area contributed by atoms with E-state index in [0.29, 0.717) is 0 Å². The number of hydrogen-bond acceptors (Lipinski definition) is 4. The van der Waals surface area contributed by atoms with E-state index in [4.69, 9.17) is 4.74 Å². The van der Waals surface area contributed by atoms with E-state index in [1.807, 2.05) is 74.5 Å². The number of nitrogens with one attached hydrogen (secondary N) is 1. The maximum Gasteiger partial charge on any atom is 0.310 e. The zero-order valence-electron chi connectivity index (χ0n) is 15.3. The minimum absolute atomic E-state index is 0.116. The van der Waals surface area contributed by atoms with Crippen molar-refractivity contribution in [3.05, 3.63) is 66.2 Å². The monoisotopic (exact) mass is 371 g/mol. The second-order valence-electron chi connectivity index (χ2n) is 6.35. The fraction of sp³-hybridized carbons (Fsp3) is 0.333. The molecule has 26 heavy (non-hydrogen) atoms. The standard InChI is InChI=1S/C21H25NO3S/c1-15(2)25-21(24)16(3)14-22-20(23)19(17-10-6-4-7-11-17)26-18-12-8-5-9-13-18/h4-13,15-16,19H,14H2,1-3H3,(H,22,23)/t16-,19-/m1/s1. The van der Waals surface area contributed by atoms with E-state index < -0.39 is 0 Å². The second-order valence-corrected chi connectivity index (χ2v) is 7.53. The molecule has 0 aliphatic carbocycles. The number of hydrogen-bond donors (Lipinski definition) is 1. The van der Waals surface area contributed by atoms with Crippen LogP contribution in [-0.4, -0.2) is 24.5 Å². The van der Waals surface area contributed by atoms with Gasteiger partial charge >= 0.3 is 5.97 Å². The lowest BCUT2D eigenvalue weighted by atomic mass is 10.1. The SMILES string of the molecule is CC(C)OC(=O)[C@H](C)CNC(=O)[C@H](Sc1ccccc1)c1ccccc1. The van der Waals surface area contributed by atoms with Gasteiger partial charge in [-0.15, -0.1) is 11.8 Å². The van der Waals surface area contributed by atoms with Gasteiger partial charge in [-0.25, -0.2) is 0 Å². The Morgan fingerprint density at radius 3 is 2.12 bits per heavy atom. The minimum Gasteiger partial charge on any atom is -0.463 e. The van der Waals surface area contributed by atoms with E-state index in [1.54, 1.807) is 6.92 Å². The van der Waals surface area contributed by atoms with Gasteiger partial charge in [0, 0.05) is 11.4 Å². The summed E-state index contributed by atoms with van der Waals surface area (Å²) in [4.78, 5) is 25.7. The van der Waals surface area contributed by atoms with Crippen LogP contribution < -0.4 is 5.32 Å². The van der Waals surface area contributed by atoms with E-state index in [0.717, 1.165) is 10.5 Å². The van der Waals surface area contributed by atoms with E-state index in [-0.39, 0.29) is 35.7 Å². The lowest BCUT2D eigenvalue weighted by Gasteiger charge is -2.19. The lowest BCUT2D eigenvalue weighted by Crippen LogP contribution is -2.35. The normalized spacial score (nSPS) is 13.1. The number of ether oxygens (including phenoxy) is 1. The summed E-state index contributed by atoms with van der Waals surface area (Å²) in [7, 11) is 0. The number of rotatable bonds is 8. The second kappa shape index (κ2) is 10.0. The first-order valence-corrected chi connectivity index (χ1v) is 9.60. The van der Waals surface area contributed by atoms with Gasteiger partial charge in [0.15, 0.2) is 0 Å². The Balaban J connectivity index is 2.05. The first kappa shape index (κ1) is 20.0. The summed E-state index contributed by atoms with van der Waals surface area (Å²) in [6.07, 6.45) is -0.161. The minimum atomic E-state index is -0.389. The summed E-state index contributed by atoms with van der Waals surface area (Å²) in [5.74, 6) is -0.805. The number of carbonyl (C=O) groups excluding carboxylic acids is 2. The molecule has 2 rings (SSSR count). The number of benzene rings is 2. The van der Waals surface area contributed by atoms with Gasteiger partial charge in [0.05, 0.1) is 12.0 Å². The molecule has 2 aromatic rings. The van der Waals surface area contributed by atoms with Crippen molar-refractivity contribution in [2.45, 2.75) is 37.0 Å². The fourth-order valence-corrected chi connectivity index (χ4v) is 3.38. The van der Waals surface area contributed by atoms with Crippen molar-refractivity contribution >= 4 is 23.6 Å². The summed E-state index contributed by atoms with van der Waals surface area (Å²) in [6.45, 7) is 5.63. The summed E-state index contributed by atoms with van der Waals surface area (Å²) in [5.41, 5.74) is 0.927. The van der Waals surface area contributed by atoms with Gasteiger partial charge < -0.3 is 10.1 Å². The molecule has 2 aromatic carbocycles. The Morgan fingerprint density at radius 1 is 0.962 bits per heavy atom. The molecule has 0 bridgehead atoms. The molecule has 0 saturated heterocycles. The smallest absolute Gasteiger partial charge is 0.310 e. The molecule has 0 fully saturated rings. The van der Waals surface area contributed by atoms with E-state index in [2.05, 4.69) is 5.32 Å². The van der Waals surface area contributed by atoms with Crippen LogP contribution in [0.2, 0.25) is 0 Å². The number of esters is 1. The number of amides is 1. The highest BCUT2D eigenvalue weighted by Crippen LogP contribution is 2.35. The molecule has 0 heterocycles. The molecule has 0 radical (unpaired) electrons. The Bertz CT molecular complexity index is 704. The van der Waals surface area contributed by atoms with Crippen molar-refractivity contribution in [1.29, 1.82) is 0 Å². The average Bonchev–Trinajstić information content (AvgIpc) is 2.65. The van der Waals surface area contributed by atoms with Gasteiger partial charge in [-0.3, -0.25) is 9.59 Å². The molecule has 138 valence electrons. The molecule has 0 unspecified atom stereocenters. The van der Waals surface area contributed by atoms with Gasteiger partial charge in [0.25, 0.3) is 0 Å². The molecule has 2 atom stereocenters. The summed E-state index contributed by atoms with van der Waals surface area (Å²) >= 11 is 1.49. The zero-order chi connectivity index (χ0) is 18.9. The van der Waals surface area contributed by atoms with Crippen LogP contribution in [0.25, 0.3) is 0 Å². The molecular weight excluding hydrogens is 346 g/mol. The summed E-state index contributed by atoms with van der Waals surface area (Å²) in [5, 5.41) is 2.51. The van der Waals surface area contributed by atoms with Gasteiger partial charge in [0.1, 0.15) is 5.25 Å². The van der Waals surface area contributed by atoms with Crippen LogP contribution in [0.15, 0.2) is 65.6 Å². The molecule has 0 aromatic heterocycles. The molecule has 0 saturated carbocycles. The van der Waals surface area contributed by atoms with E-state index in [9.17, 15) is 9.59 Å². The lowest BCUT2D eigenvalue weighted by molar-refractivity contribution is -0.151. The van der Waals surface area contributed by atoms with Crippen LogP contribution in [0, 0.1) is 5.92 Å². The topological polar surface area (TPSA) is 55.4 Å². The molecule has 1 amide bonds. The van der Waals surface area contributed by atoms with Crippen LogP contribution in [0.3, 0.4) is 0 Å². The Labute approximate surface area is 159 Å². The molecule has 0 aliphatic heterocycles. The van der Waals surface area contributed by atoms with Crippen LogP contribution in [0.5, 0.6) is 0 Å². The van der Waals surface area contributed by atoms with Crippen molar-refractivity contribution in [3.8, 4) is 0 Å². The van der Waals surface area contributed by atoms with Crippen molar-refractivity contribution < 1.29 is 14.3 Å². The predicted octanol–water partition coefficient (Wildman–Crippen LogP) is 4.22. The third-order valence-electron chi connectivity index (χ3n) is 3.67. The van der Waals surface area contributed by atoms with Crippen molar-refractivity contribution in [3.63, 3.8) is 0 Å². The van der Waals surface area contributed by atoms with Crippen LogP contribution in [0.4, 0.5) is 0 Å². The molecule has 5 heteroatoms. The Kier molecular flexibility index (Phi) is 7.73. The maximum atomic E-state index is 12.8. The summed E-state index contributed by atoms with van der Waals surface area (Å²) in [6, 6.07) is 19.5. The molecule has 0 spiro atoms. The largest absolute Gasteiger partial charge is 0.463 e. The average molecular weight is 372 g/mol. The van der Waals surface area contributed by atoms with Crippen LogP contribution in [-0.2, 0) is 14.3 Å². The van der Waals surface area contributed by atoms with Gasteiger partial charge in [-0.2, -0.15) is 0 Å². The van der Waals surface area contributed by atoms with Crippen molar-refractivity contribution in [1.82, 2.24) is 5.32 Å². The highest BCUT2D eigenvalue weighted by Gasteiger charge is 2.24. The first-order valence-electron chi connectivity index (χ1n) is 8.72. The van der Waals surface area contributed by atoms with E-state index >= 15 is 0 Å². The third-order valence-corrected chi connectivity index (χ3v) is 4.94. The Morgan fingerprint density at radius 2 is 1.54 bits per heavy atom. The first-order chi connectivity index (χ1) is 12.5. The quantitative estimate of drug-likeness (QED) is 0.557. The van der Waals surface area contributed by atoms with Crippen LogP contribution in [0.1, 0.15) is 31.6 Å². The third kappa shape index (κ3) is 6.23. The fourth-order valence-electron chi connectivity index (χ4n) is 2.31. The molecule has 4 nitrogen and oxygen atoms in total. The molecule has 0 aliphatic rings. The molecular formula is C21H25NO3S. The highest BCUT2D eigenvalue weighted by atomic mass is 32.2. The number of carbonyl (C=O) groups is 2. The van der Waals surface area contributed by atoms with Crippen molar-refractivity contribution in [2.75, 3.05) is 6.54 Å². The van der Waals surface area contributed by atoms with Gasteiger partial charge in [0.2, 0.25) is 5.91 Å².